The van der Waals surface area contributed by atoms with Crippen molar-refractivity contribution in [3.8, 4) is 6.07 Å². The largest absolute Gasteiger partial charge is 0.351 e. The van der Waals surface area contributed by atoms with E-state index in [1.54, 1.807) is 24.3 Å². The molecule has 0 amide bonds. The van der Waals surface area contributed by atoms with Gasteiger partial charge in [0.05, 0.1) is 38.7 Å². The molecule has 0 saturated carbocycles. The maximum Gasteiger partial charge on any atom is 0.131 e. The van der Waals surface area contributed by atoms with Crippen LogP contribution in [0.25, 0.3) is 11.0 Å². The second kappa shape index (κ2) is 5.66. The molecule has 1 aromatic heterocycles. The van der Waals surface area contributed by atoms with Crippen molar-refractivity contribution in [1.82, 2.24) is 8.75 Å². The Kier molecular flexibility index (Phi) is 3.87. The van der Waals surface area contributed by atoms with E-state index >= 15 is 0 Å². The molecule has 21 heavy (non-hydrogen) atoms. The minimum atomic E-state index is 0.402. The first kappa shape index (κ1) is 14.4. The average molecular weight is 356 g/mol. The van der Waals surface area contributed by atoms with Crippen molar-refractivity contribution >= 4 is 68.9 Å². The van der Waals surface area contributed by atoms with Gasteiger partial charge in [-0.05, 0) is 24.3 Å². The zero-order chi connectivity index (χ0) is 15.0. The van der Waals surface area contributed by atoms with Gasteiger partial charge >= 0.3 is 0 Å². The molecule has 0 radical (unpaired) electrons. The van der Waals surface area contributed by atoms with Gasteiger partial charge in [0, 0.05) is 5.02 Å². The normalized spacial score (nSPS) is 10.6. The van der Waals surface area contributed by atoms with Gasteiger partial charge in [-0.25, -0.2) is 0 Å². The minimum absolute atomic E-state index is 0.402. The van der Waals surface area contributed by atoms with Crippen LogP contribution in [0.2, 0.25) is 15.1 Å². The van der Waals surface area contributed by atoms with E-state index in [2.05, 4.69) is 20.1 Å². The number of anilines is 2. The van der Waals surface area contributed by atoms with E-state index in [1.165, 1.54) is 0 Å². The topological polar surface area (TPSA) is 61.6 Å². The molecule has 0 saturated heterocycles. The van der Waals surface area contributed by atoms with Crippen LogP contribution in [0, 0.1) is 11.3 Å². The Hall–Kier alpha value is -1.58. The molecule has 8 heteroatoms. The minimum Gasteiger partial charge on any atom is -0.351 e. The summed E-state index contributed by atoms with van der Waals surface area (Å²) in [7, 11) is 0. The summed E-state index contributed by atoms with van der Waals surface area (Å²) in [5.41, 5.74) is 2.69. The first-order valence-electron chi connectivity index (χ1n) is 5.67. The molecule has 0 aliphatic carbocycles. The molecule has 0 fully saturated rings. The van der Waals surface area contributed by atoms with Crippen LogP contribution in [0.1, 0.15) is 5.56 Å². The van der Waals surface area contributed by atoms with Crippen molar-refractivity contribution in [3.63, 3.8) is 0 Å². The second-order valence-electron chi connectivity index (χ2n) is 4.10. The van der Waals surface area contributed by atoms with Gasteiger partial charge in [0.2, 0.25) is 0 Å². The van der Waals surface area contributed by atoms with E-state index < -0.39 is 0 Å². The van der Waals surface area contributed by atoms with Crippen LogP contribution in [0.5, 0.6) is 0 Å². The third-order valence-corrected chi connectivity index (χ3v) is 4.16. The Balaban J connectivity index is 2.15. The van der Waals surface area contributed by atoms with Gasteiger partial charge in [-0.1, -0.05) is 34.8 Å². The van der Waals surface area contributed by atoms with Crippen LogP contribution < -0.4 is 5.32 Å². The Morgan fingerprint density at radius 3 is 2.57 bits per heavy atom. The zero-order valence-electron chi connectivity index (χ0n) is 10.2. The van der Waals surface area contributed by atoms with Crippen molar-refractivity contribution < 1.29 is 0 Å². The lowest BCUT2D eigenvalue weighted by Crippen LogP contribution is -1.96. The monoisotopic (exact) mass is 354 g/mol. The molecule has 0 atom stereocenters. The van der Waals surface area contributed by atoms with Crippen LogP contribution in [-0.2, 0) is 0 Å². The lowest BCUT2D eigenvalue weighted by Gasteiger charge is -2.11. The molecule has 0 aliphatic rings. The Morgan fingerprint density at radius 2 is 1.81 bits per heavy atom. The first-order valence-corrected chi connectivity index (χ1v) is 7.53. The number of hydrogen-bond acceptors (Lipinski definition) is 5. The van der Waals surface area contributed by atoms with E-state index in [9.17, 15) is 5.26 Å². The molecule has 3 aromatic rings. The van der Waals surface area contributed by atoms with Gasteiger partial charge in [-0.3, -0.25) is 0 Å². The molecule has 2 aromatic carbocycles. The summed E-state index contributed by atoms with van der Waals surface area (Å²) in [6.45, 7) is 0. The first-order chi connectivity index (χ1) is 10.1. The van der Waals surface area contributed by atoms with Crippen LogP contribution in [0.15, 0.2) is 24.3 Å². The highest BCUT2D eigenvalue weighted by Gasteiger charge is 2.15. The quantitative estimate of drug-likeness (QED) is 0.680. The average Bonchev–Trinajstić information content (AvgIpc) is 2.94. The molecular formula is C13H5Cl3N4S. The number of hydrogen-bond donors (Lipinski definition) is 1. The highest BCUT2D eigenvalue weighted by Crippen LogP contribution is 2.37. The summed E-state index contributed by atoms with van der Waals surface area (Å²) >= 11 is 19.2. The lowest BCUT2D eigenvalue weighted by molar-refractivity contribution is 1.46. The number of benzene rings is 2. The summed E-state index contributed by atoms with van der Waals surface area (Å²) in [6, 6.07) is 8.64. The summed E-state index contributed by atoms with van der Waals surface area (Å²) in [6.07, 6.45) is 0. The molecule has 1 heterocycles. The number of nitriles is 1. The van der Waals surface area contributed by atoms with Gasteiger partial charge in [0.15, 0.2) is 0 Å². The van der Waals surface area contributed by atoms with Gasteiger partial charge in [0.1, 0.15) is 17.1 Å². The van der Waals surface area contributed by atoms with E-state index in [-0.39, 0.29) is 0 Å². The lowest BCUT2D eigenvalue weighted by atomic mass is 10.1. The van der Waals surface area contributed by atoms with Crippen LogP contribution in [0.3, 0.4) is 0 Å². The SMILES string of the molecule is N#Cc1cc(Cl)ccc1Nc1c(Cl)cc(Cl)c2nsnc12. The third-order valence-electron chi connectivity index (χ3n) is 2.81. The smallest absolute Gasteiger partial charge is 0.131 e. The van der Waals surface area contributed by atoms with E-state index in [1.807, 2.05) is 0 Å². The maximum atomic E-state index is 9.18. The van der Waals surface area contributed by atoms with E-state index in [0.717, 1.165) is 11.7 Å². The molecule has 0 aliphatic heterocycles. The number of aromatic nitrogens is 2. The Morgan fingerprint density at radius 1 is 1.05 bits per heavy atom. The molecule has 4 nitrogen and oxygen atoms in total. The fourth-order valence-electron chi connectivity index (χ4n) is 1.85. The number of halogens is 3. The summed E-state index contributed by atoms with van der Waals surface area (Å²) in [4.78, 5) is 0. The van der Waals surface area contributed by atoms with Crippen molar-refractivity contribution in [2.24, 2.45) is 0 Å². The molecule has 3 rings (SSSR count). The highest BCUT2D eigenvalue weighted by atomic mass is 35.5. The second-order valence-corrected chi connectivity index (χ2v) is 5.88. The molecule has 0 bridgehead atoms. The number of nitrogens with zero attached hydrogens (tertiary/aromatic N) is 3. The summed E-state index contributed by atoms with van der Waals surface area (Å²) in [5.74, 6) is 0. The molecule has 104 valence electrons. The van der Waals surface area contributed by atoms with Crippen LogP contribution in [0.4, 0.5) is 11.4 Å². The highest BCUT2D eigenvalue weighted by molar-refractivity contribution is 7.00. The van der Waals surface area contributed by atoms with Crippen LogP contribution in [-0.4, -0.2) is 8.75 Å². The summed E-state index contributed by atoms with van der Waals surface area (Å²) < 4.78 is 8.33. The van der Waals surface area contributed by atoms with E-state index in [0.29, 0.717) is 43.0 Å². The van der Waals surface area contributed by atoms with Crippen LogP contribution >= 0.6 is 46.5 Å². The van der Waals surface area contributed by atoms with Gasteiger partial charge in [0.25, 0.3) is 0 Å². The Bertz CT molecular complexity index is 885. The fraction of sp³-hybridized carbons (Fsp3) is 0. The van der Waals surface area contributed by atoms with Gasteiger partial charge in [-0.15, -0.1) is 0 Å². The predicted octanol–water partition coefficient (Wildman–Crippen LogP) is 5.27. The number of nitrogens with one attached hydrogen (secondary N) is 1. The molecule has 0 spiro atoms. The van der Waals surface area contributed by atoms with Gasteiger partial charge in [-0.2, -0.15) is 14.0 Å². The van der Waals surface area contributed by atoms with Crippen molar-refractivity contribution in [1.29, 1.82) is 5.26 Å². The van der Waals surface area contributed by atoms with Gasteiger partial charge < -0.3 is 5.32 Å². The van der Waals surface area contributed by atoms with Crippen molar-refractivity contribution in [2.45, 2.75) is 0 Å². The predicted molar refractivity (Wildman–Crippen MR) is 86.9 cm³/mol. The molecule has 0 unspecified atom stereocenters. The van der Waals surface area contributed by atoms with Crippen molar-refractivity contribution in [2.75, 3.05) is 5.32 Å². The molecule has 1 N–H and O–H groups in total. The van der Waals surface area contributed by atoms with E-state index in [4.69, 9.17) is 34.8 Å². The van der Waals surface area contributed by atoms with Crippen molar-refractivity contribution in [3.05, 3.63) is 44.9 Å². The third kappa shape index (κ3) is 2.63. The number of fused-ring (bicyclic) bond motifs is 1. The summed E-state index contributed by atoms with van der Waals surface area (Å²) in [5, 5.41) is 13.6. The standard InChI is InChI=1S/C13H5Cl3N4S/c14-7-1-2-10(6(3-7)5-17)18-11-8(15)4-9(16)12-13(11)20-21-19-12/h1-4,18H. The Labute approximate surface area is 139 Å². The number of rotatable bonds is 2. The zero-order valence-corrected chi connectivity index (χ0v) is 13.3. The fourth-order valence-corrected chi connectivity index (χ4v) is 3.18. The molecular weight excluding hydrogens is 351 g/mol. The maximum absolute atomic E-state index is 9.18.